The molecule has 0 N–H and O–H groups in total. The molecule has 9 heteroatoms. The lowest BCUT2D eigenvalue weighted by Gasteiger charge is -2.20. The first-order chi connectivity index (χ1) is 14.5. The molecule has 1 amide bonds. The fraction of sp³-hybridized carbons (Fsp3) is 0.143. The molecule has 0 bridgehead atoms. The highest BCUT2D eigenvalue weighted by atomic mass is 32.1. The topological polar surface area (TPSA) is 89.7 Å². The van der Waals surface area contributed by atoms with Gasteiger partial charge in [-0.1, -0.05) is 29.5 Å². The number of ether oxygens (including phenoxy) is 1. The molecule has 0 fully saturated rings. The maximum atomic E-state index is 13.4. The summed E-state index contributed by atoms with van der Waals surface area (Å²) in [5, 5.41) is 2.61. The fourth-order valence-electron chi connectivity index (χ4n) is 3.60. The number of carbonyl (C=O) groups excluding carboxylic acids is 2. The number of rotatable bonds is 3. The average Bonchev–Trinajstić information content (AvgIpc) is 3.46. The number of carbonyl (C=O) groups is 2. The summed E-state index contributed by atoms with van der Waals surface area (Å²) in [7, 11) is 1.29. The van der Waals surface area contributed by atoms with Crippen LogP contribution in [0.1, 0.15) is 42.4 Å². The fourth-order valence-corrected chi connectivity index (χ4v) is 5.44. The van der Waals surface area contributed by atoms with Crippen LogP contribution in [0, 0.1) is 6.92 Å². The number of fused-ring (bicyclic) bond motifs is 2. The largest absolute Gasteiger partial charge is 0.465 e. The van der Waals surface area contributed by atoms with Crippen LogP contribution in [0.5, 0.6) is 0 Å². The lowest BCUT2D eigenvalue weighted by molar-refractivity contribution is 0.0605. The van der Waals surface area contributed by atoms with Crippen LogP contribution < -0.4 is 10.3 Å². The quantitative estimate of drug-likeness (QED) is 0.446. The standard InChI is InChI=1S/C21H14N2O5S2/c1-10-18(20(26)27-2)30-21(22-10)23-15(13-8-5-9-29-13)14-16(24)11-6-3-4-7-12(11)28-17(14)19(23)25/h3-9,15H,1-2H3/t15-/m1/s1. The van der Waals surface area contributed by atoms with E-state index in [0.29, 0.717) is 26.7 Å². The van der Waals surface area contributed by atoms with Gasteiger partial charge >= 0.3 is 5.97 Å². The number of nitrogens with zero attached hydrogens (tertiary/aromatic N) is 2. The van der Waals surface area contributed by atoms with E-state index in [1.807, 2.05) is 17.5 Å². The van der Waals surface area contributed by atoms with E-state index in [2.05, 4.69) is 4.98 Å². The minimum atomic E-state index is -0.676. The maximum absolute atomic E-state index is 13.4. The van der Waals surface area contributed by atoms with Crippen LogP contribution in [0.2, 0.25) is 0 Å². The second-order valence-electron chi connectivity index (χ2n) is 6.67. The van der Waals surface area contributed by atoms with Gasteiger partial charge in [0.2, 0.25) is 5.76 Å². The summed E-state index contributed by atoms with van der Waals surface area (Å²) in [6.45, 7) is 1.68. The molecule has 4 heterocycles. The van der Waals surface area contributed by atoms with Crippen LogP contribution in [-0.4, -0.2) is 24.0 Å². The minimum absolute atomic E-state index is 0.00423. The maximum Gasteiger partial charge on any atom is 0.350 e. The molecule has 7 nitrogen and oxygen atoms in total. The summed E-state index contributed by atoms with van der Waals surface area (Å²) in [6.07, 6.45) is 0. The first-order valence-corrected chi connectivity index (χ1v) is 10.7. The summed E-state index contributed by atoms with van der Waals surface area (Å²) in [6, 6.07) is 9.89. The highest BCUT2D eigenvalue weighted by Gasteiger charge is 2.45. The van der Waals surface area contributed by atoms with Gasteiger partial charge < -0.3 is 9.15 Å². The van der Waals surface area contributed by atoms with Gasteiger partial charge in [0, 0.05) is 4.88 Å². The molecule has 0 radical (unpaired) electrons. The van der Waals surface area contributed by atoms with Gasteiger partial charge in [0.1, 0.15) is 16.5 Å². The van der Waals surface area contributed by atoms with Crippen molar-refractivity contribution in [2.45, 2.75) is 13.0 Å². The van der Waals surface area contributed by atoms with E-state index in [1.54, 1.807) is 31.2 Å². The van der Waals surface area contributed by atoms with Crippen molar-refractivity contribution in [3.05, 3.63) is 78.8 Å². The third-order valence-corrected chi connectivity index (χ3v) is 7.01. The van der Waals surface area contributed by atoms with Crippen LogP contribution in [0.15, 0.2) is 51.0 Å². The summed E-state index contributed by atoms with van der Waals surface area (Å²) >= 11 is 2.49. The number of esters is 1. The third-order valence-electron chi connectivity index (χ3n) is 4.95. The van der Waals surface area contributed by atoms with Crippen molar-refractivity contribution in [2.24, 2.45) is 0 Å². The molecule has 1 aliphatic rings. The predicted molar refractivity (Wildman–Crippen MR) is 114 cm³/mol. The van der Waals surface area contributed by atoms with Gasteiger partial charge in [0.25, 0.3) is 5.91 Å². The van der Waals surface area contributed by atoms with Gasteiger partial charge in [0.15, 0.2) is 10.6 Å². The molecule has 1 aromatic carbocycles. The first kappa shape index (κ1) is 18.7. The molecule has 3 aromatic heterocycles. The summed E-state index contributed by atoms with van der Waals surface area (Å²) in [5.74, 6) is -0.978. The molecular formula is C21H14N2O5S2. The normalized spacial score (nSPS) is 15.6. The zero-order chi connectivity index (χ0) is 21.0. The monoisotopic (exact) mass is 438 g/mol. The number of methoxy groups -OCH3 is 1. The Bertz CT molecular complexity index is 1370. The molecule has 1 aliphatic heterocycles. The molecule has 30 heavy (non-hydrogen) atoms. The van der Waals surface area contributed by atoms with Gasteiger partial charge in [0.05, 0.1) is 23.8 Å². The Hall–Kier alpha value is -3.30. The molecule has 4 aromatic rings. The van der Waals surface area contributed by atoms with Crippen molar-refractivity contribution in [3.63, 3.8) is 0 Å². The van der Waals surface area contributed by atoms with Crippen molar-refractivity contribution in [3.8, 4) is 0 Å². The van der Waals surface area contributed by atoms with Crippen LogP contribution >= 0.6 is 22.7 Å². The molecule has 0 aliphatic carbocycles. The number of para-hydroxylation sites is 1. The Morgan fingerprint density at radius 3 is 2.73 bits per heavy atom. The summed E-state index contributed by atoms with van der Waals surface area (Å²) < 4.78 is 10.7. The Morgan fingerprint density at radius 2 is 2.00 bits per heavy atom. The zero-order valence-electron chi connectivity index (χ0n) is 15.9. The molecule has 150 valence electrons. The van der Waals surface area contributed by atoms with Crippen molar-refractivity contribution in [1.29, 1.82) is 0 Å². The van der Waals surface area contributed by atoms with Crippen LogP contribution in [-0.2, 0) is 4.74 Å². The van der Waals surface area contributed by atoms with E-state index in [-0.39, 0.29) is 16.8 Å². The van der Waals surface area contributed by atoms with Crippen LogP contribution in [0.25, 0.3) is 11.0 Å². The second kappa shape index (κ2) is 6.89. The molecule has 1 atom stereocenters. The van der Waals surface area contributed by atoms with E-state index in [0.717, 1.165) is 16.2 Å². The molecule has 0 unspecified atom stereocenters. The predicted octanol–water partition coefficient (Wildman–Crippen LogP) is 4.16. The lowest BCUT2D eigenvalue weighted by Crippen LogP contribution is -2.28. The van der Waals surface area contributed by atoms with Gasteiger partial charge in [-0.05, 0) is 30.5 Å². The number of aryl methyl sites for hydroxylation is 1. The van der Waals surface area contributed by atoms with Crippen LogP contribution in [0.3, 0.4) is 0 Å². The smallest absolute Gasteiger partial charge is 0.350 e. The number of aromatic nitrogens is 1. The summed E-state index contributed by atoms with van der Waals surface area (Å²) in [5.41, 5.74) is 0.850. The zero-order valence-corrected chi connectivity index (χ0v) is 17.5. The first-order valence-electron chi connectivity index (χ1n) is 8.99. The Labute approximate surface area is 178 Å². The molecule has 0 saturated heterocycles. The van der Waals surface area contributed by atoms with Gasteiger partial charge in [-0.15, -0.1) is 11.3 Å². The van der Waals surface area contributed by atoms with Crippen molar-refractivity contribution < 1.29 is 18.7 Å². The highest BCUT2D eigenvalue weighted by molar-refractivity contribution is 7.17. The van der Waals surface area contributed by atoms with Gasteiger partial charge in [-0.25, -0.2) is 9.78 Å². The summed E-state index contributed by atoms with van der Waals surface area (Å²) in [4.78, 5) is 45.8. The molecule has 0 spiro atoms. The Morgan fingerprint density at radius 1 is 1.20 bits per heavy atom. The average molecular weight is 438 g/mol. The van der Waals surface area contributed by atoms with Gasteiger partial charge in [-0.3, -0.25) is 14.5 Å². The van der Waals surface area contributed by atoms with E-state index in [1.165, 1.54) is 23.3 Å². The molecular weight excluding hydrogens is 424 g/mol. The lowest BCUT2D eigenvalue weighted by atomic mass is 10.0. The van der Waals surface area contributed by atoms with E-state index in [9.17, 15) is 14.4 Å². The van der Waals surface area contributed by atoms with E-state index < -0.39 is 17.9 Å². The number of anilines is 1. The number of amides is 1. The Balaban J connectivity index is 1.77. The number of thiazole rings is 1. The number of benzene rings is 1. The van der Waals surface area contributed by atoms with Crippen molar-refractivity contribution in [2.75, 3.05) is 12.0 Å². The minimum Gasteiger partial charge on any atom is -0.465 e. The second-order valence-corrected chi connectivity index (χ2v) is 8.62. The Kier molecular flexibility index (Phi) is 4.30. The SMILES string of the molecule is COC(=O)c1sc(N2C(=O)c3oc4ccccc4c(=O)c3[C@H]2c2cccs2)nc1C. The van der Waals surface area contributed by atoms with E-state index in [4.69, 9.17) is 9.15 Å². The number of hydrogen-bond acceptors (Lipinski definition) is 8. The highest BCUT2D eigenvalue weighted by Crippen LogP contribution is 2.44. The molecule has 5 rings (SSSR count). The van der Waals surface area contributed by atoms with E-state index >= 15 is 0 Å². The van der Waals surface area contributed by atoms with Crippen molar-refractivity contribution in [1.82, 2.24) is 4.98 Å². The third kappa shape index (κ3) is 2.62. The van der Waals surface area contributed by atoms with Crippen LogP contribution in [0.4, 0.5) is 5.13 Å². The van der Waals surface area contributed by atoms with Gasteiger partial charge in [-0.2, -0.15) is 0 Å². The number of thiophene rings is 1. The van der Waals surface area contributed by atoms with Crippen molar-refractivity contribution >= 4 is 50.7 Å². The molecule has 0 saturated carbocycles. The number of hydrogen-bond donors (Lipinski definition) is 0.